The van der Waals surface area contributed by atoms with E-state index in [-0.39, 0.29) is 12.1 Å². The van der Waals surface area contributed by atoms with Crippen LogP contribution in [0.1, 0.15) is 6.04 Å². The highest BCUT2D eigenvalue weighted by Gasteiger charge is 2.24. The molecule has 0 atom stereocenters. The summed E-state index contributed by atoms with van der Waals surface area (Å²) in [5.74, 6) is 0. The molecule has 0 fully saturated rings. The highest BCUT2D eigenvalue weighted by atomic mass is 35.5. The summed E-state index contributed by atoms with van der Waals surface area (Å²) in [7, 11) is 3.16. The number of hydrogen-bond donors (Lipinski definition) is 1. The van der Waals surface area contributed by atoms with Gasteiger partial charge in [-0.15, -0.1) is 0 Å². The molecule has 3 heterocycles. The van der Waals surface area contributed by atoms with E-state index in [9.17, 15) is 5.11 Å². The lowest BCUT2D eigenvalue weighted by Crippen LogP contribution is -2.20. The van der Waals surface area contributed by atoms with Gasteiger partial charge < -0.3 is 14.6 Å². The molecule has 0 amide bonds. The summed E-state index contributed by atoms with van der Waals surface area (Å²) in [4.78, 5) is 8.30. The molecule has 1 N–H and O–H groups in total. The fourth-order valence-corrected chi connectivity index (χ4v) is 2.78. The Labute approximate surface area is 137 Å². The van der Waals surface area contributed by atoms with Crippen molar-refractivity contribution in [1.29, 1.82) is 0 Å². The van der Waals surface area contributed by atoms with Gasteiger partial charge >= 0.3 is 0 Å². The third-order valence-corrected chi connectivity index (χ3v) is 3.72. The van der Waals surface area contributed by atoms with Gasteiger partial charge in [0.25, 0.3) is 6.01 Å². The Hall–Kier alpha value is -2.16. The number of aromatic nitrogens is 5. The molecule has 3 aromatic heterocycles. The maximum Gasteiger partial charge on any atom is 0.296 e. The Morgan fingerprint density at radius 3 is 2.65 bits per heavy atom. The Balaban J connectivity index is 2.29. The second-order valence-corrected chi connectivity index (χ2v) is 5.33. The van der Waals surface area contributed by atoms with E-state index in [4.69, 9.17) is 21.1 Å². The van der Waals surface area contributed by atoms with Crippen LogP contribution in [0.5, 0.6) is 6.01 Å². The van der Waals surface area contributed by atoms with Crippen LogP contribution < -0.4 is 0 Å². The number of rotatable bonds is 6. The molecular formula is C14H16ClN5O3. The summed E-state index contributed by atoms with van der Waals surface area (Å²) in [6.45, 7) is 0.663. The molecule has 0 aliphatic carbocycles. The minimum Gasteiger partial charge on any atom is -0.480 e. The van der Waals surface area contributed by atoms with Crippen LogP contribution in [-0.2, 0) is 9.47 Å². The van der Waals surface area contributed by atoms with Crippen LogP contribution in [0.4, 0.5) is 0 Å². The zero-order valence-corrected chi connectivity index (χ0v) is 13.4. The zero-order chi connectivity index (χ0) is 16.4. The number of halogens is 1. The van der Waals surface area contributed by atoms with Crippen molar-refractivity contribution in [1.82, 2.24) is 24.3 Å². The minimum atomic E-state index is -0.287. The predicted octanol–water partition coefficient (Wildman–Crippen LogP) is 1.81. The van der Waals surface area contributed by atoms with Crippen LogP contribution in [0, 0.1) is 0 Å². The topological polar surface area (TPSA) is 87.2 Å². The summed E-state index contributed by atoms with van der Waals surface area (Å²) in [5, 5.41) is 14.9. The molecule has 23 heavy (non-hydrogen) atoms. The number of hydrogen-bond acceptors (Lipinski definition) is 6. The van der Waals surface area contributed by atoms with Crippen molar-refractivity contribution in [2.45, 2.75) is 6.04 Å². The van der Waals surface area contributed by atoms with Gasteiger partial charge in [0.2, 0.25) is 0 Å². The molecule has 8 nitrogen and oxygen atoms in total. The van der Waals surface area contributed by atoms with Crippen LogP contribution in [0.3, 0.4) is 0 Å². The molecule has 0 unspecified atom stereocenters. The molecule has 0 saturated carbocycles. The molecule has 0 saturated heterocycles. The van der Waals surface area contributed by atoms with Gasteiger partial charge in [-0.05, 0) is 6.07 Å². The first-order valence-corrected chi connectivity index (χ1v) is 7.28. The molecule has 3 aromatic rings. The molecular weight excluding hydrogens is 322 g/mol. The lowest BCUT2D eigenvalue weighted by atomic mass is 10.3. The first kappa shape index (κ1) is 15.7. The second kappa shape index (κ2) is 6.53. The number of nitrogens with zero attached hydrogens (tertiary/aromatic N) is 5. The van der Waals surface area contributed by atoms with E-state index in [0.29, 0.717) is 35.1 Å². The van der Waals surface area contributed by atoms with Gasteiger partial charge in [-0.2, -0.15) is 10.1 Å². The van der Waals surface area contributed by atoms with E-state index >= 15 is 0 Å². The van der Waals surface area contributed by atoms with Gasteiger partial charge in [-0.3, -0.25) is 4.57 Å². The van der Waals surface area contributed by atoms with Crippen molar-refractivity contribution in [3.63, 3.8) is 0 Å². The van der Waals surface area contributed by atoms with E-state index in [1.807, 2.05) is 0 Å². The fraction of sp³-hybridized carbons (Fsp3) is 0.357. The molecule has 0 aliphatic heterocycles. The average Bonchev–Trinajstić information content (AvgIpc) is 3.14. The normalized spacial score (nSPS) is 11.7. The van der Waals surface area contributed by atoms with Crippen LogP contribution in [0.25, 0.3) is 16.9 Å². The monoisotopic (exact) mass is 337 g/mol. The third kappa shape index (κ3) is 2.76. The van der Waals surface area contributed by atoms with Crippen LogP contribution in [0.15, 0.2) is 24.7 Å². The smallest absolute Gasteiger partial charge is 0.296 e. The molecule has 0 spiro atoms. The summed E-state index contributed by atoms with van der Waals surface area (Å²) in [5.41, 5.74) is 1.53. The standard InChI is InChI=1S/C14H16ClN5O3/c1-22-7-9(8-23-2)20-12-11(19-5-3-4-17-19)10(15)6-16-13(12)18-14(20)21/h3-6,9H,7-8H2,1-2H3,(H,16,18,21). The number of aromatic hydroxyl groups is 1. The minimum absolute atomic E-state index is 0.178. The highest BCUT2D eigenvalue weighted by molar-refractivity contribution is 6.33. The van der Waals surface area contributed by atoms with E-state index in [1.165, 1.54) is 6.20 Å². The molecule has 9 heteroatoms. The van der Waals surface area contributed by atoms with Gasteiger partial charge in [0.15, 0.2) is 5.65 Å². The zero-order valence-electron chi connectivity index (χ0n) is 12.7. The van der Waals surface area contributed by atoms with Crippen molar-refractivity contribution >= 4 is 22.8 Å². The number of methoxy groups -OCH3 is 2. The SMILES string of the molecule is COCC(COC)n1c(O)nc2ncc(Cl)c(-n3cccn3)c21. The molecule has 3 rings (SSSR count). The van der Waals surface area contributed by atoms with E-state index in [2.05, 4.69) is 15.1 Å². The summed E-state index contributed by atoms with van der Waals surface area (Å²) < 4.78 is 13.7. The van der Waals surface area contributed by atoms with Crippen molar-refractivity contribution in [2.75, 3.05) is 27.4 Å². The number of pyridine rings is 1. The molecule has 0 radical (unpaired) electrons. The molecule has 122 valence electrons. The van der Waals surface area contributed by atoms with Crippen LogP contribution in [-0.4, -0.2) is 56.9 Å². The summed E-state index contributed by atoms with van der Waals surface area (Å²) >= 11 is 6.33. The van der Waals surface area contributed by atoms with Crippen LogP contribution in [0.2, 0.25) is 5.02 Å². The van der Waals surface area contributed by atoms with Gasteiger partial charge in [0.1, 0.15) is 11.2 Å². The predicted molar refractivity (Wildman–Crippen MR) is 84.1 cm³/mol. The molecule has 0 aliphatic rings. The first-order valence-electron chi connectivity index (χ1n) is 6.90. The van der Waals surface area contributed by atoms with Crippen molar-refractivity contribution in [3.05, 3.63) is 29.7 Å². The van der Waals surface area contributed by atoms with Gasteiger partial charge in [-0.25, -0.2) is 9.67 Å². The maximum absolute atomic E-state index is 10.3. The number of imidazole rings is 1. The highest BCUT2D eigenvalue weighted by Crippen LogP contribution is 2.33. The van der Waals surface area contributed by atoms with E-state index < -0.39 is 0 Å². The Kier molecular flexibility index (Phi) is 4.46. The molecule has 0 bridgehead atoms. The Morgan fingerprint density at radius 1 is 1.30 bits per heavy atom. The first-order chi connectivity index (χ1) is 11.2. The van der Waals surface area contributed by atoms with Crippen molar-refractivity contribution in [2.24, 2.45) is 0 Å². The maximum atomic E-state index is 10.3. The molecule has 0 aromatic carbocycles. The van der Waals surface area contributed by atoms with Crippen molar-refractivity contribution < 1.29 is 14.6 Å². The third-order valence-electron chi connectivity index (χ3n) is 3.44. The lowest BCUT2D eigenvalue weighted by molar-refractivity contribution is 0.0873. The number of ether oxygens (including phenoxy) is 2. The fourth-order valence-electron chi connectivity index (χ4n) is 2.56. The van der Waals surface area contributed by atoms with E-state index in [1.54, 1.807) is 41.9 Å². The van der Waals surface area contributed by atoms with Gasteiger partial charge in [0, 0.05) is 26.6 Å². The lowest BCUT2D eigenvalue weighted by Gasteiger charge is -2.19. The van der Waals surface area contributed by atoms with Crippen molar-refractivity contribution in [3.8, 4) is 11.7 Å². The van der Waals surface area contributed by atoms with Crippen LogP contribution >= 0.6 is 11.6 Å². The summed E-state index contributed by atoms with van der Waals surface area (Å²) in [6.07, 6.45) is 4.89. The number of fused-ring (bicyclic) bond motifs is 1. The second-order valence-electron chi connectivity index (χ2n) is 4.92. The van der Waals surface area contributed by atoms with Gasteiger partial charge in [0.05, 0.1) is 30.5 Å². The Bertz CT molecular complexity index is 796. The Morgan fingerprint density at radius 2 is 2.04 bits per heavy atom. The largest absolute Gasteiger partial charge is 0.480 e. The van der Waals surface area contributed by atoms with E-state index in [0.717, 1.165) is 0 Å². The quantitative estimate of drug-likeness (QED) is 0.738. The van der Waals surface area contributed by atoms with Gasteiger partial charge in [-0.1, -0.05) is 11.6 Å². The average molecular weight is 338 g/mol. The summed E-state index contributed by atoms with van der Waals surface area (Å²) in [6, 6.07) is 1.32.